The third-order valence-electron chi connectivity index (χ3n) is 5.04. The summed E-state index contributed by atoms with van der Waals surface area (Å²) in [7, 11) is 0. The van der Waals surface area contributed by atoms with Crippen LogP contribution in [0.25, 0.3) is 0 Å². The number of benzene rings is 1. The number of hydrogen-bond donors (Lipinski definition) is 0. The van der Waals surface area contributed by atoms with E-state index in [1.54, 1.807) is 0 Å². The molecule has 134 valence electrons. The summed E-state index contributed by atoms with van der Waals surface area (Å²) in [6, 6.07) is 7.54. The molecule has 0 aliphatic heterocycles. The highest BCUT2D eigenvalue weighted by atomic mass is 19.3. The lowest BCUT2D eigenvalue weighted by molar-refractivity contribution is -0.256. The van der Waals surface area contributed by atoms with Gasteiger partial charge in [-0.15, -0.1) is 0 Å². The van der Waals surface area contributed by atoms with E-state index in [1.807, 2.05) is 38.1 Å². The van der Waals surface area contributed by atoms with E-state index in [4.69, 9.17) is 4.74 Å². The molecule has 0 bridgehead atoms. The molecule has 0 N–H and O–H groups in total. The van der Waals surface area contributed by atoms with Gasteiger partial charge in [0.05, 0.1) is 6.61 Å². The number of halogens is 2. The normalized spacial score (nSPS) is 22.2. The van der Waals surface area contributed by atoms with Gasteiger partial charge in [0.1, 0.15) is 0 Å². The van der Waals surface area contributed by atoms with E-state index in [9.17, 15) is 8.78 Å². The minimum Gasteiger partial charge on any atom is -0.316 e. The van der Waals surface area contributed by atoms with Gasteiger partial charge < -0.3 is 4.74 Å². The van der Waals surface area contributed by atoms with Crippen molar-refractivity contribution in [3.8, 4) is 0 Å². The fourth-order valence-corrected chi connectivity index (χ4v) is 3.49. The molecular formula is C21H30F2O. The standard InChI is InChI=1S/C21H30F2O/c1-3-4-5-6-18-11-13-19(14-12-18)15-21(22,23)24-16-20-9-7-17(2)8-10-20/h3-4,7-10,18-19H,5-6,11-16H2,1-2H3/b4-3+. The number of ether oxygens (including phenoxy) is 1. The van der Waals surface area contributed by atoms with Crippen LogP contribution in [0.1, 0.15) is 63.0 Å². The van der Waals surface area contributed by atoms with E-state index in [1.165, 1.54) is 6.42 Å². The fraction of sp³-hybridized carbons (Fsp3) is 0.619. The number of alkyl halides is 2. The van der Waals surface area contributed by atoms with Gasteiger partial charge in [0.25, 0.3) is 0 Å². The first kappa shape index (κ1) is 19.1. The van der Waals surface area contributed by atoms with Crippen LogP contribution >= 0.6 is 0 Å². The molecule has 1 aliphatic rings. The molecule has 1 saturated carbocycles. The van der Waals surface area contributed by atoms with E-state index >= 15 is 0 Å². The van der Waals surface area contributed by atoms with Gasteiger partial charge in [-0.2, -0.15) is 8.78 Å². The third kappa shape index (κ3) is 6.72. The Morgan fingerprint density at radius 1 is 1.08 bits per heavy atom. The largest absolute Gasteiger partial charge is 0.356 e. The molecule has 24 heavy (non-hydrogen) atoms. The average molecular weight is 336 g/mol. The SMILES string of the molecule is C/C=C/CCC1CCC(CC(F)(F)OCc2ccc(C)cc2)CC1. The Balaban J connectivity index is 1.71. The number of hydrogen-bond acceptors (Lipinski definition) is 1. The highest BCUT2D eigenvalue weighted by molar-refractivity contribution is 5.20. The van der Waals surface area contributed by atoms with Gasteiger partial charge in [-0.25, -0.2) is 0 Å². The average Bonchev–Trinajstić information content (AvgIpc) is 2.56. The minimum atomic E-state index is -3.02. The molecule has 1 nitrogen and oxygen atoms in total. The van der Waals surface area contributed by atoms with Crippen LogP contribution in [-0.4, -0.2) is 6.11 Å². The van der Waals surface area contributed by atoms with Crippen molar-refractivity contribution in [1.29, 1.82) is 0 Å². The molecule has 3 heteroatoms. The predicted octanol–water partition coefficient (Wildman–Crippen LogP) is 6.66. The van der Waals surface area contributed by atoms with Crippen LogP contribution < -0.4 is 0 Å². The first-order valence-corrected chi connectivity index (χ1v) is 9.17. The lowest BCUT2D eigenvalue weighted by Gasteiger charge is -2.30. The van der Waals surface area contributed by atoms with Crippen molar-refractivity contribution in [1.82, 2.24) is 0 Å². The monoisotopic (exact) mass is 336 g/mol. The molecule has 0 atom stereocenters. The topological polar surface area (TPSA) is 9.23 Å². The number of aryl methyl sites for hydroxylation is 1. The maximum Gasteiger partial charge on any atom is 0.356 e. The molecule has 1 aromatic rings. The Morgan fingerprint density at radius 2 is 1.71 bits per heavy atom. The van der Waals surface area contributed by atoms with Gasteiger partial charge in [-0.1, -0.05) is 54.8 Å². The van der Waals surface area contributed by atoms with Gasteiger partial charge in [0, 0.05) is 6.42 Å². The van der Waals surface area contributed by atoms with Gasteiger partial charge in [-0.05, 0) is 56.9 Å². The smallest absolute Gasteiger partial charge is 0.316 e. The Kier molecular flexibility index (Phi) is 7.41. The van der Waals surface area contributed by atoms with Crippen LogP contribution in [0.15, 0.2) is 36.4 Å². The molecule has 0 saturated heterocycles. The molecular weight excluding hydrogens is 306 g/mol. The Bertz CT molecular complexity index is 499. The minimum absolute atomic E-state index is 0.0218. The van der Waals surface area contributed by atoms with Crippen molar-refractivity contribution in [3.05, 3.63) is 47.5 Å². The van der Waals surface area contributed by atoms with Crippen LogP contribution in [0.2, 0.25) is 0 Å². The van der Waals surface area contributed by atoms with Crippen molar-refractivity contribution in [2.75, 3.05) is 0 Å². The summed E-state index contributed by atoms with van der Waals surface area (Å²) in [4.78, 5) is 0. The summed E-state index contributed by atoms with van der Waals surface area (Å²) in [6.07, 6.45) is 7.39. The summed E-state index contributed by atoms with van der Waals surface area (Å²) in [6.45, 7) is 4.00. The van der Waals surface area contributed by atoms with Crippen molar-refractivity contribution in [2.24, 2.45) is 11.8 Å². The highest BCUT2D eigenvalue weighted by Crippen LogP contribution is 2.38. The Hall–Kier alpha value is -1.22. The molecule has 1 fully saturated rings. The van der Waals surface area contributed by atoms with Crippen LogP contribution in [0.4, 0.5) is 8.78 Å². The second kappa shape index (κ2) is 9.31. The van der Waals surface area contributed by atoms with E-state index in [0.717, 1.165) is 43.2 Å². The van der Waals surface area contributed by atoms with Crippen LogP contribution in [0.3, 0.4) is 0 Å². The number of rotatable bonds is 8. The van der Waals surface area contributed by atoms with Gasteiger partial charge in [0.2, 0.25) is 0 Å². The van der Waals surface area contributed by atoms with E-state index < -0.39 is 6.11 Å². The van der Waals surface area contributed by atoms with Crippen molar-refractivity contribution in [3.63, 3.8) is 0 Å². The highest BCUT2D eigenvalue weighted by Gasteiger charge is 2.35. The van der Waals surface area contributed by atoms with E-state index in [0.29, 0.717) is 5.92 Å². The fourth-order valence-electron chi connectivity index (χ4n) is 3.49. The van der Waals surface area contributed by atoms with Gasteiger partial charge in [0.15, 0.2) is 0 Å². The molecule has 1 aliphatic carbocycles. The van der Waals surface area contributed by atoms with E-state index in [-0.39, 0.29) is 18.9 Å². The lowest BCUT2D eigenvalue weighted by atomic mass is 9.78. The lowest BCUT2D eigenvalue weighted by Crippen LogP contribution is -2.27. The van der Waals surface area contributed by atoms with Crippen LogP contribution in [0.5, 0.6) is 0 Å². The zero-order valence-corrected chi connectivity index (χ0v) is 14.9. The van der Waals surface area contributed by atoms with Crippen molar-refractivity contribution >= 4 is 0 Å². The Labute approximate surface area is 145 Å². The summed E-state index contributed by atoms with van der Waals surface area (Å²) in [5, 5.41) is 0. The van der Waals surface area contributed by atoms with Crippen molar-refractivity contribution in [2.45, 2.75) is 71.5 Å². The quantitative estimate of drug-likeness (QED) is 0.482. The second-order valence-corrected chi connectivity index (χ2v) is 7.15. The molecule has 0 amide bonds. The third-order valence-corrected chi connectivity index (χ3v) is 5.04. The number of allylic oxidation sites excluding steroid dienone is 2. The zero-order valence-electron chi connectivity index (χ0n) is 14.9. The summed E-state index contributed by atoms with van der Waals surface area (Å²) in [5.74, 6) is 0.801. The summed E-state index contributed by atoms with van der Waals surface area (Å²) < 4.78 is 33.1. The maximum atomic E-state index is 14.1. The van der Waals surface area contributed by atoms with Crippen LogP contribution in [0, 0.1) is 18.8 Å². The Morgan fingerprint density at radius 3 is 2.33 bits per heavy atom. The molecule has 0 unspecified atom stereocenters. The maximum absolute atomic E-state index is 14.1. The van der Waals surface area contributed by atoms with E-state index in [2.05, 4.69) is 12.2 Å². The molecule has 0 radical (unpaired) electrons. The summed E-state index contributed by atoms with van der Waals surface area (Å²) in [5.41, 5.74) is 1.92. The van der Waals surface area contributed by atoms with Gasteiger partial charge >= 0.3 is 6.11 Å². The predicted molar refractivity (Wildman–Crippen MR) is 95.0 cm³/mol. The first-order valence-electron chi connectivity index (χ1n) is 9.17. The molecule has 1 aromatic carbocycles. The molecule has 0 heterocycles. The molecule has 0 aromatic heterocycles. The molecule has 2 rings (SSSR count). The van der Waals surface area contributed by atoms with Crippen LogP contribution in [-0.2, 0) is 11.3 Å². The first-order chi connectivity index (χ1) is 11.5. The zero-order chi connectivity index (χ0) is 17.4. The van der Waals surface area contributed by atoms with Gasteiger partial charge in [-0.3, -0.25) is 0 Å². The van der Waals surface area contributed by atoms with Crippen molar-refractivity contribution < 1.29 is 13.5 Å². The second-order valence-electron chi connectivity index (χ2n) is 7.15. The summed E-state index contributed by atoms with van der Waals surface area (Å²) >= 11 is 0. The molecule has 0 spiro atoms.